The lowest BCUT2D eigenvalue weighted by Gasteiger charge is -2.27. The van der Waals surface area contributed by atoms with Gasteiger partial charge < -0.3 is 4.90 Å². The molecular formula is C6H12N2S. The van der Waals surface area contributed by atoms with Crippen molar-refractivity contribution >= 4 is 19.0 Å². The van der Waals surface area contributed by atoms with Crippen molar-refractivity contribution in [2.24, 2.45) is 0 Å². The van der Waals surface area contributed by atoms with Crippen LogP contribution in [-0.4, -0.2) is 29.6 Å². The Morgan fingerprint density at radius 1 is 1.44 bits per heavy atom. The van der Waals surface area contributed by atoms with E-state index in [-0.39, 0.29) is 0 Å². The number of piperidine rings is 1. The van der Waals surface area contributed by atoms with Crippen molar-refractivity contribution in [1.82, 2.24) is 4.90 Å². The lowest BCUT2D eigenvalue weighted by atomic mass is 10.1. The third-order valence-electron chi connectivity index (χ3n) is 1.68. The number of thiol groups is 1. The van der Waals surface area contributed by atoms with Crippen molar-refractivity contribution in [2.75, 3.05) is 13.1 Å². The highest BCUT2D eigenvalue weighted by atomic mass is 32.1. The van der Waals surface area contributed by atoms with Crippen LogP contribution in [0.2, 0.25) is 0 Å². The monoisotopic (exact) mass is 144 g/mol. The highest BCUT2D eigenvalue weighted by Gasteiger charge is 2.12. The van der Waals surface area contributed by atoms with Crippen LogP contribution in [0.3, 0.4) is 0 Å². The average molecular weight is 144 g/mol. The minimum absolute atomic E-state index is 0.571. The van der Waals surface area contributed by atoms with Gasteiger partial charge in [0.25, 0.3) is 0 Å². The van der Waals surface area contributed by atoms with E-state index in [1.807, 2.05) is 4.90 Å². The van der Waals surface area contributed by atoms with E-state index in [0.717, 1.165) is 25.9 Å². The number of likely N-dealkylation sites (tertiary alicyclic amines) is 1. The van der Waals surface area contributed by atoms with Gasteiger partial charge in [-0.15, -0.1) is 0 Å². The Bertz CT molecular complexity index is 97.2. The van der Waals surface area contributed by atoms with Crippen molar-refractivity contribution in [3.05, 3.63) is 0 Å². The zero-order valence-corrected chi connectivity index (χ0v) is 6.27. The molecule has 1 aliphatic rings. The number of nitrogens with one attached hydrogen (secondary N) is 1. The van der Waals surface area contributed by atoms with Crippen LogP contribution in [0.5, 0.6) is 0 Å². The molecule has 0 saturated carbocycles. The topological polar surface area (TPSA) is 27.1 Å². The molecule has 1 N–H and O–H groups in total. The van der Waals surface area contributed by atoms with Gasteiger partial charge in [-0.05, 0) is 12.8 Å². The first kappa shape index (κ1) is 6.93. The summed E-state index contributed by atoms with van der Waals surface area (Å²) in [4.78, 5) is 2.02. The molecule has 1 heterocycles. The molecule has 1 fully saturated rings. The van der Waals surface area contributed by atoms with Crippen LogP contribution in [0.15, 0.2) is 0 Å². The Labute approximate surface area is 61.2 Å². The lowest BCUT2D eigenvalue weighted by molar-refractivity contribution is 0.357. The fourth-order valence-electron chi connectivity index (χ4n) is 1.01. The van der Waals surface area contributed by atoms with Crippen LogP contribution in [-0.2, 0) is 0 Å². The molecule has 0 aromatic heterocycles. The van der Waals surface area contributed by atoms with Crippen molar-refractivity contribution < 1.29 is 0 Å². The van der Waals surface area contributed by atoms with Gasteiger partial charge in [-0.2, -0.15) is 12.6 Å². The van der Waals surface area contributed by atoms with E-state index in [4.69, 9.17) is 5.41 Å². The van der Waals surface area contributed by atoms with Crippen molar-refractivity contribution in [3.63, 3.8) is 0 Å². The first-order valence-corrected chi connectivity index (χ1v) is 3.77. The Morgan fingerprint density at radius 3 is 2.44 bits per heavy atom. The highest BCUT2D eigenvalue weighted by molar-refractivity contribution is 7.80. The van der Waals surface area contributed by atoms with Crippen molar-refractivity contribution in [1.29, 1.82) is 5.41 Å². The maximum absolute atomic E-state index is 6.94. The van der Waals surface area contributed by atoms with E-state index in [0.29, 0.717) is 5.25 Å². The average Bonchev–Trinajstić information content (AvgIpc) is 1.90. The normalized spacial score (nSPS) is 22.1. The van der Waals surface area contributed by atoms with E-state index in [1.54, 1.807) is 0 Å². The van der Waals surface area contributed by atoms with Crippen LogP contribution in [0, 0.1) is 5.41 Å². The smallest absolute Gasteiger partial charge is 0.0817 e. The van der Waals surface area contributed by atoms with Gasteiger partial charge in [-0.1, -0.05) is 0 Å². The van der Waals surface area contributed by atoms with E-state index in [9.17, 15) is 0 Å². The van der Waals surface area contributed by atoms with Crippen molar-refractivity contribution in [2.45, 2.75) is 18.1 Å². The Balaban J connectivity index is 2.26. The molecule has 1 saturated heterocycles. The van der Waals surface area contributed by atoms with Crippen LogP contribution >= 0.6 is 12.6 Å². The van der Waals surface area contributed by atoms with Gasteiger partial charge in [-0.3, -0.25) is 5.41 Å². The Morgan fingerprint density at radius 2 is 2.00 bits per heavy atom. The Kier molecular flexibility index (Phi) is 2.39. The molecule has 0 radical (unpaired) electrons. The minimum atomic E-state index is 0.571. The molecular weight excluding hydrogens is 132 g/mol. The molecule has 2 nitrogen and oxygen atoms in total. The molecule has 0 aliphatic carbocycles. The summed E-state index contributed by atoms with van der Waals surface area (Å²) >= 11 is 4.34. The standard InChI is InChI=1S/C6H12N2S/c7-5-8-3-1-6(9)2-4-8/h5-7,9H,1-4H2. The predicted octanol–water partition coefficient (Wildman–Crippen LogP) is 0.988. The minimum Gasteiger partial charge on any atom is -0.363 e. The summed E-state index contributed by atoms with van der Waals surface area (Å²) in [5.41, 5.74) is 0. The molecule has 0 bridgehead atoms. The first-order chi connectivity index (χ1) is 4.33. The molecule has 3 heteroatoms. The van der Waals surface area contributed by atoms with E-state index in [2.05, 4.69) is 12.6 Å². The zero-order valence-electron chi connectivity index (χ0n) is 5.38. The third kappa shape index (κ3) is 1.90. The van der Waals surface area contributed by atoms with Crippen molar-refractivity contribution in [3.8, 4) is 0 Å². The fraction of sp³-hybridized carbons (Fsp3) is 0.833. The second-order valence-corrected chi connectivity index (χ2v) is 3.13. The van der Waals surface area contributed by atoms with Crippen LogP contribution < -0.4 is 0 Å². The number of rotatable bonds is 1. The molecule has 0 aromatic carbocycles. The van der Waals surface area contributed by atoms with Gasteiger partial charge in [0, 0.05) is 18.3 Å². The summed E-state index contributed by atoms with van der Waals surface area (Å²) in [7, 11) is 0. The van der Waals surface area contributed by atoms with Gasteiger partial charge in [0.1, 0.15) is 0 Å². The first-order valence-electron chi connectivity index (χ1n) is 3.25. The summed E-state index contributed by atoms with van der Waals surface area (Å²) in [6.45, 7) is 2.02. The summed E-state index contributed by atoms with van der Waals surface area (Å²) in [5, 5.41) is 7.51. The zero-order chi connectivity index (χ0) is 6.69. The molecule has 9 heavy (non-hydrogen) atoms. The second kappa shape index (κ2) is 3.11. The van der Waals surface area contributed by atoms with Crippen LogP contribution in [0.1, 0.15) is 12.8 Å². The fourth-order valence-corrected chi connectivity index (χ4v) is 1.25. The van der Waals surface area contributed by atoms with E-state index < -0.39 is 0 Å². The summed E-state index contributed by atoms with van der Waals surface area (Å²) < 4.78 is 0. The molecule has 0 atom stereocenters. The van der Waals surface area contributed by atoms with Gasteiger partial charge in [0.05, 0.1) is 6.34 Å². The lowest BCUT2D eigenvalue weighted by Crippen LogP contribution is -2.32. The predicted molar refractivity (Wildman–Crippen MR) is 42.4 cm³/mol. The van der Waals surface area contributed by atoms with E-state index in [1.165, 1.54) is 6.34 Å². The molecule has 52 valence electrons. The third-order valence-corrected chi connectivity index (χ3v) is 2.20. The summed E-state index contributed by atoms with van der Waals surface area (Å²) in [6, 6.07) is 0. The molecule has 0 spiro atoms. The van der Waals surface area contributed by atoms with Gasteiger partial charge in [0.2, 0.25) is 0 Å². The maximum atomic E-state index is 6.94. The van der Waals surface area contributed by atoms with Gasteiger partial charge in [0.15, 0.2) is 0 Å². The number of nitrogens with zero attached hydrogens (tertiary/aromatic N) is 1. The van der Waals surface area contributed by atoms with Crippen LogP contribution in [0.25, 0.3) is 0 Å². The number of hydrogen-bond donors (Lipinski definition) is 2. The molecule has 0 amide bonds. The summed E-state index contributed by atoms with van der Waals surface area (Å²) in [6.07, 6.45) is 3.66. The largest absolute Gasteiger partial charge is 0.363 e. The summed E-state index contributed by atoms with van der Waals surface area (Å²) in [5.74, 6) is 0. The van der Waals surface area contributed by atoms with Gasteiger partial charge >= 0.3 is 0 Å². The molecule has 0 aromatic rings. The molecule has 0 unspecified atom stereocenters. The second-order valence-electron chi connectivity index (χ2n) is 2.40. The quantitative estimate of drug-likeness (QED) is 0.320. The molecule has 1 aliphatic heterocycles. The molecule has 1 rings (SSSR count). The van der Waals surface area contributed by atoms with Gasteiger partial charge in [-0.25, -0.2) is 0 Å². The SMILES string of the molecule is N=CN1CCC(S)CC1. The highest BCUT2D eigenvalue weighted by Crippen LogP contribution is 2.13. The van der Waals surface area contributed by atoms with E-state index >= 15 is 0 Å². The van der Waals surface area contributed by atoms with Crippen LogP contribution in [0.4, 0.5) is 0 Å². The Hall–Kier alpha value is -0.180. The maximum Gasteiger partial charge on any atom is 0.0817 e. The number of hydrogen-bond acceptors (Lipinski definition) is 2.